The molecule has 0 spiro atoms. The van der Waals surface area contributed by atoms with E-state index in [0.717, 1.165) is 16.0 Å². The van der Waals surface area contributed by atoms with Gasteiger partial charge >= 0.3 is 6.03 Å². The molecule has 0 bridgehead atoms. The molecule has 3 rings (SSSR count). The molecule has 0 radical (unpaired) electrons. The zero-order valence-electron chi connectivity index (χ0n) is 13.9. The second-order valence-corrected chi connectivity index (χ2v) is 6.46. The first kappa shape index (κ1) is 17.9. The highest BCUT2D eigenvalue weighted by Crippen LogP contribution is 2.13. The Kier molecular flexibility index (Phi) is 5.53. The standard InChI is InChI=1S/C19H18ClN3O3/c20-15-8-4-7-14(9-15)11-21-17(24)12-23-18(25)16(22-19(23)26)10-13-5-2-1-3-6-13/h1-9,16H,10-12H2,(H,21,24)(H,22,26)/t16-/m1/s1. The molecule has 1 aliphatic rings. The Balaban J connectivity index is 1.54. The first-order chi connectivity index (χ1) is 12.5. The molecule has 0 aromatic heterocycles. The quantitative estimate of drug-likeness (QED) is 0.763. The molecule has 1 fully saturated rings. The van der Waals surface area contributed by atoms with Crippen molar-refractivity contribution in [3.63, 3.8) is 0 Å². The number of carbonyl (C=O) groups excluding carboxylic acids is 3. The Labute approximate surface area is 156 Å². The summed E-state index contributed by atoms with van der Waals surface area (Å²) >= 11 is 5.90. The zero-order chi connectivity index (χ0) is 18.5. The van der Waals surface area contributed by atoms with Gasteiger partial charge in [-0.1, -0.05) is 54.1 Å². The van der Waals surface area contributed by atoms with Gasteiger partial charge in [-0.25, -0.2) is 4.79 Å². The summed E-state index contributed by atoms with van der Waals surface area (Å²) < 4.78 is 0. The Morgan fingerprint density at radius 3 is 2.54 bits per heavy atom. The molecule has 4 amide bonds. The van der Waals surface area contributed by atoms with Crippen molar-refractivity contribution >= 4 is 29.4 Å². The fourth-order valence-electron chi connectivity index (χ4n) is 2.76. The SMILES string of the molecule is O=C(CN1C(=O)N[C@H](Cc2ccccc2)C1=O)NCc1cccc(Cl)c1. The van der Waals surface area contributed by atoms with E-state index in [1.807, 2.05) is 36.4 Å². The Morgan fingerprint density at radius 1 is 1.08 bits per heavy atom. The van der Waals surface area contributed by atoms with Gasteiger partial charge in [-0.05, 0) is 23.3 Å². The van der Waals surface area contributed by atoms with Gasteiger partial charge in [0.25, 0.3) is 5.91 Å². The summed E-state index contributed by atoms with van der Waals surface area (Å²) in [6, 6.07) is 15.3. The Bertz CT molecular complexity index is 826. The number of halogens is 1. The molecule has 2 aromatic carbocycles. The van der Waals surface area contributed by atoms with E-state index in [0.29, 0.717) is 11.4 Å². The highest BCUT2D eigenvalue weighted by atomic mass is 35.5. The number of hydrogen-bond donors (Lipinski definition) is 2. The van der Waals surface area contributed by atoms with Crippen molar-refractivity contribution in [1.29, 1.82) is 0 Å². The zero-order valence-corrected chi connectivity index (χ0v) is 14.7. The number of nitrogens with zero attached hydrogens (tertiary/aromatic N) is 1. The van der Waals surface area contributed by atoms with E-state index in [9.17, 15) is 14.4 Å². The largest absolute Gasteiger partial charge is 0.350 e. The lowest BCUT2D eigenvalue weighted by atomic mass is 10.1. The number of imide groups is 1. The fourth-order valence-corrected chi connectivity index (χ4v) is 2.97. The van der Waals surface area contributed by atoms with Crippen LogP contribution >= 0.6 is 11.6 Å². The molecule has 134 valence electrons. The Morgan fingerprint density at radius 2 is 1.81 bits per heavy atom. The lowest BCUT2D eigenvalue weighted by molar-refractivity contribution is -0.132. The number of nitrogens with one attached hydrogen (secondary N) is 2. The van der Waals surface area contributed by atoms with Crippen LogP contribution in [0.3, 0.4) is 0 Å². The lowest BCUT2D eigenvalue weighted by Gasteiger charge is -2.13. The molecule has 1 saturated heterocycles. The summed E-state index contributed by atoms with van der Waals surface area (Å²) in [6.07, 6.45) is 0.395. The van der Waals surface area contributed by atoms with Crippen LogP contribution in [0.4, 0.5) is 4.79 Å². The van der Waals surface area contributed by atoms with Crippen LogP contribution < -0.4 is 10.6 Å². The molecule has 0 saturated carbocycles. The highest BCUT2D eigenvalue weighted by Gasteiger charge is 2.38. The minimum atomic E-state index is -0.648. The molecule has 2 N–H and O–H groups in total. The van der Waals surface area contributed by atoms with Gasteiger partial charge in [0.15, 0.2) is 0 Å². The maximum absolute atomic E-state index is 12.4. The van der Waals surface area contributed by atoms with Crippen LogP contribution in [0.1, 0.15) is 11.1 Å². The van der Waals surface area contributed by atoms with Gasteiger partial charge in [0.05, 0.1) is 0 Å². The van der Waals surface area contributed by atoms with Crippen LogP contribution in [0.15, 0.2) is 54.6 Å². The second-order valence-electron chi connectivity index (χ2n) is 6.02. The van der Waals surface area contributed by atoms with Crippen molar-refractivity contribution in [2.24, 2.45) is 0 Å². The van der Waals surface area contributed by atoms with Crippen molar-refractivity contribution < 1.29 is 14.4 Å². The van der Waals surface area contributed by atoms with Crippen LogP contribution in [0, 0.1) is 0 Å². The monoisotopic (exact) mass is 371 g/mol. The number of benzene rings is 2. The predicted octanol–water partition coefficient (Wildman–Crippen LogP) is 2.12. The van der Waals surface area contributed by atoms with Crippen molar-refractivity contribution in [3.05, 3.63) is 70.7 Å². The van der Waals surface area contributed by atoms with Crippen molar-refractivity contribution in [2.45, 2.75) is 19.0 Å². The maximum Gasteiger partial charge on any atom is 0.325 e. The van der Waals surface area contributed by atoms with Crippen molar-refractivity contribution in [2.75, 3.05) is 6.54 Å². The number of carbonyl (C=O) groups is 3. The van der Waals surface area contributed by atoms with Crippen LogP contribution in [0.5, 0.6) is 0 Å². The summed E-state index contributed by atoms with van der Waals surface area (Å²) in [4.78, 5) is 37.5. The van der Waals surface area contributed by atoms with Crippen LogP contribution in [0.25, 0.3) is 0 Å². The highest BCUT2D eigenvalue weighted by molar-refractivity contribution is 6.30. The van der Waals surface area contributed by atoms with Gasteiger partial charge in [-0.15, -0.1) is 0 Å². The van der Waals surface area contributed by atoms with Crippen molar-refractivity contribution in [3.8, 4) is 0 Å². The average Bonchev–Trinajstić information content (AvgIpc) is 2.88. The van der Waals surface area contributed by atoms with E-state index in [4.69, 9.17) is 11.6 Å². The fraction of sp³-hybridized carbons (Fsp3) is 0.211. The number of hydrogen-bond acceptors (Lipinski definition) is 3. The predicted molar refractivity (Wildman–Crippen MR) is 97.5 cm³/mol. The van der Waals surface area contributed by atoms with Gasteiger partial charge < -0.3 is 10.6 Å². The van der Waals surface area contributed by atoms with E-state index >= 15 is 0 Å². The molecule has 2 aromatic rings. The van der Waals surface area contributed by atoms with Gasteiger partial charge in [0.1, 0.15) is 12.6 Å². The van der Waals surface area contributed by atoms with Gasteiger partial charge in [0.2, 0.25) is 5.91 Å². The van der Waals surface area contributed by atoms with Crippen molar-refractivity contribution in [1.82, 2.24) is 15.5 Å². The third-order valence-electron chi connectivity index (χ3n) is 4.07. The lowest BCUT2D eigenvalue weighted by Crippen LogP contribution is -2.41. The average molecular weight is 372 g/mol. The topological polar surface area (TPSA) is 78.5 Å². The summed E-state index contributed by atoms with van der Waals surface area (Å²) in [6.45, 7) is -0.0347. The van der Waals surface area contributed by atoms with Crippen LogP contribution in [0.2, 0.25) is 5.02 Å². The van der Waals surface area contributed by atoms with Crippen LogP contribution in [-0.4, -0.2) is 35.3 Å². The molecule has 1 atom stereocenters. The molecule has 7 heteroatoms. The summed E-state index contributed by atoms with van der Waals surface area (Å²) in [5.74, 6) is -0.800. The van der Waals surface area contributed by atoms with E-state index in [1.165, 1.54) is 0 Å². The summed E-state index contributed by atoms with van der Waals surface area (Å²) in [5, 5.41) is 5.89. The number of rotatable bonds is 6. The summed E-state index contributed by atoms with van der Waals surface area (Å²) in [7, 11) is 0. The molecule has 1 heterocycles. The molecule has 1 aliphatic heterocycles. The van der Waals surface area contributed by atoms with Gasteiger partial charge in [-0.2, -0.15) is 0 Å². The molecule has 6 nitrogen and oxygen atoms in total. The molecule has 0 aliphatic carbocycles. The first-order valence-electron chi connectivity index (χ1n) is 8.20. The third kappa shape index (κ3) is 4.40. The van der Waals surface area contributed by atoms with E-state index in [-0.39, 0.29) is 13.1 Å². The molecule has 0 unspecified atom stereocenters. The molecular weight excluding hydrogens is 354 g/mol. The normalized spacial score (nSPS) is 16.5. The van der Waals surface area contributed by atoms with E-state index < -0.39 is 23.9 Å². The van der Waals surface area contributed by atoms with Crippen LogP contribution in [-0.2, 0) is 22.6 Å². The first-order valence-corrected chi connectivity index (χ1v) is 8.57. The smallest absolute Gasteiger partial charge is 0.325 e. The minimum absolute atomic E-state index is 0.274. The molecule has 26 heavy (non-hydrogen) atoms. The van der Waals surface area contributed by atoms with E-state index in [1.54, 1.807) is 18.2 Å². The van der Waals surface area contributed by atoms with E-state index in [2.05, 4.69) is 10.6 Å². The third-order valence-corrected chi connectivity index (χ3v) is 4.31. The van der Waals surface area contributed by atoms with Gasteiger partial charge in [-0.3, -0.25) is 14.5 Å². The molecular formula is C19H18ClN3O3. The number of urea groups is 1. The summed E-state index contributed by atoms with van der Waals surface area (Å²) in [5.41, 5.74) is 1.78. The van der Waals surface area contributed by atoms with Gasteiger partial charge in [0, 0.05) is 18.0 Å². The number of amides is 4. The second kappa shape index (κ2) is 8.01. The minimum Gasteiger partial charge on any atom is -0.350 e. The maximum atomic E-state index is 12.4. The Hall–Kier alpha value is -2.86.